The van der Waals surface area contributed by atoms with Crippen molar-refractivity contribution < 1.29 is 9.59 Å². The van der Waals surface area contributed by atoms with Crippen molar-refractivity contribution in [3.05, 3.63) is 70.8 Å². The maximum atomic E-state index is 12.3. The lowest BCUT2D eigenvalue weighted by molar-refractivity contribution is -0.126. The largest absolute Gasteiger partial charge is 0.352 e. The van der Waals surface area contributed by atoms with Gasteiger partial charge in [0.25, 0.3) is 0 Å². The minimum Gasteiger partial charge on any atom is -0.352 e. The van der Waals surface area contributed by atoms with Gasteiger partial charge in [0.15, 0.2) is 0 Å². The van der Waals surface area contributed by atoms with Gasteiger partial charge in [-0.3, -0.25) is 4.79 Å². The molecule has 2 aromatic carbocycles. The van der Waals surface area contributed by atoms with Gasteiger partial charge in [-0.15, -0.1) is 0 Å². The quantitative estimate of drug-likeness (QED) is 0.660. The number of rotatable bonds is 7. The van der Waals surface area contributed by atoms with Crippen LogP contribution in [0.5, 0.6) is 0 Å². The zero-order valence-electron chi connectivity index (χ0n) is 17.2. The summed E-state index contributed by atoms with van der Waals surface area (Å²) in [6.07, 6.45) is 5.58. The molecule has 0 spiro atoms. The molecule has 2 aromatic rings. The van der Waals surface area contributed by atoms with E-state index in [0.717, 1.165) is 42.4 Å². The second kappa shape index (κ2) is 10.6. The molecule has 3 N–H and O–H groups in total. The van der Waals surface area contributed by atoms with Gasteiger partial charge in [0, 0.05) is 25.6 Å². The highest BCUT2D eigenvalue weighted by Gasteiger charge is 2.20. The van der Waals surface area contributed by atoms with Gasteiger partial charge in [-0.25, -0.2) is 4.79 Å². The van der Waals surface area contributed by atoms with E-state index in [0.29, 0.717) is 19.6 Å². The Kier molecular flexibility index (Phi) is 7.68. The van der Waals surface area contributed by atoms with Crippen LogP contribution in [0.2, 0.25) is 0 Å². The molecule has 1 aliphatic rings. The Morgan fingerprint density at radius 2 is 1.38 bits per heavy atom. The molecule has 1 aliphatic carbocycles. The predicted molar refractivity (Wildman–Crippen MR) is 115 cm³/mol. The van der Waals surface area contributed by atoms with Crippen LogP contribution >= 0.6 is 0 Å². The lowest BCUT2D eigenvalue weighted by Crippen LogP contribution is -2.34. The van der Waals surface area contributed by atoms with E-state index in [1.807, 2.05) is 55.5 Å². The van der Waals surface area contributed by atoms with Crippen LogP contribution in [0.25, 0.3) is 0 Å². The summed E-state index contributed by atoms with van der Waals surface area (Å²) in [4.78, 5) is 24.4. The first-order chi connectivity index (χ1) is 14.1. The number of amides is 3. The number of hydrogen-bond donors (Lipinski definition) is 3. The third-order valence-electron chi connectivity index (χ3n) is 5.46. The SMILES string of the molecule is Cc1ccc(CNC(=O)NCc2cccc(CNC(=O)C3CCCCC3)c2)cc1. The second-order valence-electron chi connectivity index (χ2n) is 7.89. The monoisotopic (exact) mass is 393 g/mol. The Bertz CT molecular complexity index is 811. The van der Waals surface area contributed by atoms with E-state index in [1.165, 1.54) is 12.0 Å². The molecule has 29 heavy (non-hydrogen) atoms. The lowest BCUT2D eigenvalue weighted by atomic mass is 9.88. The van der Waals surface area contributed by atoms with Crippen molar-refractivity contribution in [2.45, 2.75) is 58.7 Å². The third-order valence-corrected chi connectivity index (χ3v) is 5.46. The molecule has 1 saturated carbocycles. The highest BCUT2D eigenvalue weighted by Crippen LogP contribution is 2.23. The Hall–Kier alpha value is -2.82. The summed E-state index contributed by atoms with van der Waals surface area (Å²) in [5.41, 5.74) is 4.34. The number of hydrogen-bond acceptors (Lipinski definition) is 2. The molecule has 0 atom stereocenters. The molecule has 0 aliphatic heterocycles. The summed E-state index contributed by atoms with van der Waals surface area (Å²) in [5.74, 6) is 0.342. The number of urea groups is 1. The molecule has 0 saturated heterocycles. The average molecular weight is 394 g/mol. The molecule has 5 nitrogen and oxygen atoms in total. The van der Waals surface area contributed by atoms with Crippen molar-refractivity contribution in [1.29, 1.82) is 0 Å². The minimum atomic E-state index is -0.193. The van der Waals surface area contributed by atoms with Gasteiger partial charge in [-0.05, 0) is 36.5 Å². The van der Waals surface area contributed by atoms with Crippen LogP contribution in [0.15, 0.2) is 48.5 Å². The van der Waals surface area contributed by atoms with E-state index in [4.69, 9.17) is 0 Å². The number of carbonyl (C=O) groups excluding carboxylic acids is 2. The van der Waals surface area contributed by atoms with Gasteiger partial charge >= 0.3 is 6.03 Å². The molecular weight excluding hydrogens is 362 g/mol. The maximum absolute atomic E-state index is 12.3. The first-order valence-corrected chi connectivity index (χ1v) is 10.5. The van der Waals surface area contributed by atoms with Crippen molar-refractivity contribution in [3.63, 3.8) is 0 Å². The van der Waals surface area contributed by atoms with Crippen LogP contribution in [-0.2, 0) is 24.4 Å². The second-order valence-corrected chi connectivity index (χ2v) is 7.89. The summed E-state index contributed by atoms with van der Waals surface area (Å²) >= 11 is 0. The fraction of sp³-hybridized carbons (Fsp3) is 0.417. The van der Waals surface area contributed by atoms with Crippen LogP contribution < -0.4 is 16.0 Å². The molecule has 1 fully saturated rings. The van der Waals surface area contributed by atoms with Crippen LogP contribution in [0.4, 0.5) is 4.79 Å². The van der Waals surface area contributed by atoms with Gasteiger partial charge in [0.1, 0.15) is 0 Å². The molecule has 0 bridgehead atoms. The molecule has 0 radical (unpaired) electrons. The maximum Gasteiger partial charge on any atom is 0.315 e. The molecule has 0 unspecified atom stereocenters. The summed E-state index contributed by atoms with van der Waals surface area (Å²) in [7, 11) is 0. The predicted octanol–water partition coefficient (Wildman–Crippen LogP) is 4.19. The number of nitrogens with one attached hydrogen (secondary N) is 3. The summed E-state index contributed by atoms with van der Waals surface area (Å²) < 4.78 is 0. The molecule has 0 heterocycles. The van der Waals surface area contributed by atoms with Crippen LogP contribution in [0, 0.1) is 12.8 Å². The first-order valence-electron chi connectivity index (χ1n) is 10.5. The molecule has 3 amide bonds. The summed E-state index contributed by atoms with van der Waals surface area (Å²) in [6, 6.07) is 15.9. The van der Waals surface area contributed by atoms with E-state index >= 15 is 0 Å². The zero-order chi connectivity index (χ0) is 20.5. The Morgan fingerprint density at radius 1 is 0.793 bits per heavy atom. The van der Waals surface area contributed by atoms with Gasteiger partial charge < -0.3 is 16.0 Å². The number of carbonyl (C=O) groups is 2. The van der Waals surface area contributed by atoms with E-state index in [-0.39, 0.29) is 17.9 Å². The number of aryl methyl sites for hydroxylation is 1. The van der Waals surface area contributed by atoms with E-state index in [9.17, 15) is 9.59 Å². The highest BCUT2D eigenvalue weighted by atomic mass is 16.2. The van der Waals surface area contributed by atoms with Crippen LogP contribution in [0.1, 0.15) is 54.4 Å². The van der Waals surface area contributed by atoms with Crippen molar-refractivity contribution in [1.82, 2.24) is 16.0 Å². The van der Waals surface area contributed by atoms with Crippen LogP contribution in [-0.4, -0.2) is 11.9 Å². The lowest BCUT2D eigenvalue weighted by Gasteiger charge is -2.20. The van der Waals surface area contributed by atoms with Gasteiger partial charge in [-0.2, -0.15) is 0 Å². The molecule has 5 heteroatoms. The van der Waals surface area contributed by atoms with Crippen LogP contribution in [0.3, 0.4) is 0 Å². The van der Waals surface area contributed by atoms with Gasteiger partial charge in [-0.1, -0.05) is 73.4 Å². The fourth-order valence-electron chi connectivity index (χ4n) is 3.68. The van der Waals surface area contributed by atoms with Gasteiger partial charge in [0.05, 0.1) is 0 Å². The van der Waals surface area contributed by atoms with E-state index in [1.54, 1.807) is 0 Å². The Labute approximate surface area is 173 Å². The standard InChI is InChI=1S/C24H31N3O2/c1-18-10-12-19(13-11-18)15-26-24(29)27-17-21-7-5-6-20(14-21)16-25-23(28)22-8-3-2-4-9-22/h5-7,10-14,22H,2-4,8-9,15-17H2,1H3,(H,25,28)(H2,26,27,29). The zero-order valence-corrected chi connectivity index (χ0v) is 17.2. The normalized spacial score (nSPS) is 14.2. The molecule has 0 aromatic heterocycles. The van der Waals surface area contributed by atoms with E-state index < -0.39 is 0 Å². The first kappa shape index (κ1) is 20.9. The Morgan fingerprint density at radius 3 is 2.03 bits per heavy atom. The molecular formula is C24H31N3O2. The van der Waals surface area contributed by atoms with Crippen molar-refractivity contribution in [3.8, 4) is 0 Å². The van der Waals surface area contributed by atoms with Crippen molar-refractivity contribution >= 4 is 11.9 Å². The Balaban J connectivity index is 1.41. The topological polar surface area (TPSA) is 70.2 Å². The fourth-order valence-corrected chi connectivity index (χ4v) is 3.68. The number of benzene rings is 2. The third kappa shape index (κ3) is 6.93. The van der Waals surface area contributed by atoms with E-state index in [2.05, 4.69) is 16.0 Å². The average Bonchev–Trinajstić information content (AvgIpc) is 2.76. The molecule has 3 rings (SSSR count). The van der Waals surface area contributed by atoms with Crippen molar-refractivity contribution in [2.24, 2.45) is 5.92 Å². The summed E-state index contributed by atoms with van der Waals surface area (Å²) in [5, 5.41) is 8.82. The smallest absolute Gasteiger partial charge is 0.315 e. The van der Waals surface area contributed by atoms with Crippen molar-refractivity contribution in [2.75, 3.05) is 0 Å². The minimum absolute atomic E-state index is 0.170. The van der Waals surface area contributed by atoms with Gasteiger partial charge in [0.2, 0.25) is 5.91 Å². The summed E-state index contributed by atoms with van der Waals surface area (Å²) in [6.45, 7) is 3.52. The highest BCUT2D eigenvalue weighted by molar-refractivity contribution is 5.78. The molecule has 154 valence electrons.